The van der Waals surface area contributed by atoms with Crippen LogP contribution in [0.15, 0.2) is 24.3 Å². The Morgan fingerprint density at radius 1 is 1.15 bits per heavy atom. The van der Waals surface area contributed by atoms with Crippen LogP contribution in [0.4, 0.5) is 0 Å². The molecule has 0 radical (unpaired) electrons. The van der Waals surface area contributed by atoms with Gasteiger partial charge >= 0.3 is 0 Å². The summed E-state index contributed by atoms with van der Waals surface area (Å²) in [4.78, 5) is 19.8. The molecule has 3 rings (SSSR count). The molecule has 2 fully saturated rings. The normalized spacial score (nSPS) is 21.3. The summed E-state index contributed by atoms with van der Waals surface area (Å²) in [6, 6.07) is 7.76. The number of carbonyl (C=O) groups excluding carboxylic acids is 1. The SMILES string of the molecule is Cc1ccc(C(=O)N(CCN2CCOCC2)C[C@@H]2CN(C[C@@H](O)COC(C)C)CCO2)cc1. The lowest BCUT2D eigenvalue weighted by molar-refractivity contribution is -0.0633. The average Bonchev–Trinajstić information content (AvgIpc) is 2.81. The fourth-order valence-corrected chi connectivity index (χ4v) is 4.20. The Morgan fingerprint density at radius 2 is 1.85 bits per heavy atom. The van der Waals surface area contributed by atoms with Gasteiger partial charge in [0.05, 0.1) is 44.7 Å². The minimum atomic E-state index is -0.530. The van der Waals surface area contributed by atoms with Gasteiger partial charge in [0.25, 0.3) is 5.91 Å². The number of aryl methyl sites for hydroxylation is 1. The van der Waals surface area contributed by atoms with E-state index in [1.165, 1.54) is 0 Å². The summed E-state index contributed by atoms with van der Waals surface area (Å²) in [5, 5.41) is 10.3. The van der Waals surface area contributed by atoms with Crippen molar-refractivity contribution in [2.24, 2.45) is 0 Å². The first-order chi connectivity index (χ1) is 15.9. The largest absolute Gasteiger partial charge is 0.389 e. The average molecular weight is 464 g/mol. The van der Waals surface area contributed by atoms with Crippen LogP contribution in [0.5, 0.6) is 0 Å². The van der Waals surface area contributed by atoms with E-state index in [1.807, 2.05) is 49.9 Å². The highest BCUT2D eigenvalue weighted by Crippen LogP contribution is 2.13. The van der Waals surface area contributed by atoms with E-state index >= 15 is 0 Å². The number of nitrogens with zero attached hydrogens (tertiary/aromatic N) is 3. The number of rotatable bonds is 11. The number of carbonyl (C=O) groups is 1. The quantitative estimate of drug-likeness (QED) is 0.530. The van der Waals surface area contributed by atoms with Gasteiger partial charge in [-0.25, -0.2) is 0 Å². The van der Waals surface area contributed by atoms with Crippen LogP contribution in [0, 0.1) is 6.92 Å². The van der Waals surface area contributed by atoms with Gasteiger partial charge in [0.2, 0.25) is 0 Å². The topological polar surface area (TPSA) is 74.7 Å². The maximum absolute atomic E-state index is 13.4. The second kappa shape index (κ2) is 13.4. The number of β-amino-alcohol motifs (C(OH)–C–C–N with tert-alkyl or cyclic N) is 1. The molecule has 8 heteroatoms. The summed E-state index contributed by atoms with van der Waals surface area (Å²) in [7, 11) is 0. The molecule has 33 heavy (non-hydrogen) atoms. The van der Waals surface area contributed by atoms with Gasteiger partial charge in [0.15, 0.2) is 0 Å². The number of aliphatic hydroxyl groups is 1. The summed E-state index contributed by atoms with van der Waals surface area (Å²) in [5.41, 5.74) is 1.84. The maximum Gasteiger partial charge on any atom is 0.253 e. The van der Waals surface area contributed by atoms with E-state index < -0.39 is 6.10 Å². The van der Waals surface area contributed by atoms with Crippen molar-refractivity contribution in [2.45, 2.75) is 39.1 Å². The smallest absolute Gasteiger partial charge is 0.253 e. The molecule has 1 amide bonds. The molecule has 0 spiro atoms. The van der Waals surface area contributed by atoms with Crippen LogP contribution < -0.4 is 0 Å². The van der Waals surface area contributed by atoms with Gasteiger partial charge in [-0.15, -0.1) is 0 Å². The molecular weight excluding hydrogens is 422 g/mol. The molecule has 1 N–H and O–H groups in total. The van der Waals surface area contributed by atoms with Crippen molar-refractivity contribution in [1.82, 2.24) is 14.7 Å². The number of aliphatic hydroxyl groups excluding tert-OH is 1. The minimum Gasteiger partial charge on any atom is -0.389 e. The van der Waals surface area contributed by atoms with E-state index in [1.54, 1.807) is 0 Å². The molecule has 2 aliphatic heterocycles. The molecule has 0 aliphatic carbocycles. The lowest BCUT2D eigenvalue weighted by Gasteiger charge is -2.37. The number of amides is 1. The molecule has 0 aromatic heterocycles. The molecule has 8 nitrogen and oxygen atoms in total. The minimum absolute atomic E-state index is 0.0364. The Bertz CT molecular complexity index is 708. The highest BCUT2D eigenvalue weighted by molar-refractivity contribution is 5.94. The van der Waals surface area contributed by atoms with Crippen LogP contribution in [0.1, 0.15) is 29.8 Å². The number of benzene rings is 1. The first-order valence-corrected chi connectivity index (χ1v) is 12.2. The number of hydrogen-bond donors (Lipinski definition) is 1. The molecule has 0 unspecified atom stereocenters. The first kappa shape index (κ1) is 26.1. The first-order valence-electron chi connectivity index (χ1n) is 12.2. The van der Waals surface area contributed by atoms with Crippen molar-refractivity contribution in [1.29, 1.82) is 0 Å². The number of hydrogen-bond acceptors (Lipinski definition) is 7. The van der Waals surface area contributed by atoms with Gasteiger partial charge in [-0.05, 0) is 32.9 Å². The lowest BCUT2D eigenvalue weighted by Crippen LogP contribution is -2.52. The van der Waals surface area contributed by atoms with Crippen LogP contribution in [0.2, 0.25) is 0 Å². The van der Waals surface area contributed by atoms with Gasteiger partial charge < -0.3 is 24.2 Å². The van der Waals surface area contributed by atoms with E-state index in [4.69, 9.17) is 14.2 Å². The van der Waals surface area contributed by atoms with Gasteiger partial charge in [-0.3, -0.25) is 14.6 Å². The molecular formula is C25H41N3O5. The summed E-state index contributed by atoms with van der Waals surface area (Å²) >= 11 is 0. The van der Waals surface area contributed by atoms with E-state index in [2.05, 4.69) is 9.80 Å². The maximum atomic E-state index is 13.4. The van der Waals surface area contributed by atoms with Crippen molar-refractivity contribution < 1.29 is 24.1 Å². The Morgan fingerprint density at radius 3 is 2.55 bits per heavy atom. The zero-order valence-corrected chi connectivity index (χ0v) is 20.4. The standard InChI is InChI=1S/C25H41N3O5/c1-20(2)33-19-23(29)16-27-12-15-32-24(17-27)18-28(9-8-26-10-13-31-14-11-26)25(30)22-6-4-21(3)5-7-22/h4-7,20,23-24,29H,8-19H2,1-3H3/t23-,24+/m1/s1. The predicted octanol–water partition coefficient (Wildman–Crippen LogP) is 1.26. The second-order valence-electron chi connectivity index (χ2n) is 9.36. The molecule has 2 heterocycles. The summed E-state index contributed by atoms with van der Waals surface area (Å²) in [5.74, 6) is 0.0364. The Kier molecular flexibility index (Phi) is 10.6. The molecule has 0 saturated carbocycles. The molecule has 186 valence electrons. The van der Waals surface area contributed by atoms with Crippen LogP contribution in [-0.2, 0) is 14.2 Å². The third-order valence-corrected chi connectivity index (χ3v) is 6.11. The highest BCUT2D eigenvalue weighted by Gasteiger charge is 2.27. The van der Waals surface area contributed by atoms with E-state index in [-0.39, 0.29) is 18.1 Å². The summed E-state index contributed by atoms with van der Waals surface area (Å²) in [6.45, 7) is 14.2. The Hall–Kier alpha value is -1.55. The predicted molar refractivity (Wildman–Crippen MR) is 128 cm³/mol. The van der Waals surface area contributed by atoms with Gasteiger partial charge in [-0.2, -0.15) is 0 Å². The Balaban J connectivity index is 1.58. The highest BCUT2D eigenvalue weighted by atomic mass is 16.5. The lowest BCUT2D eigenvalue weighted by atomic mass is 10.1. The van der Waals surface area contributed by atoms with Crippen LogP contribution in [-0.4, -0.2) is 123 Å². The summed E-state index contributed by atoms with van der Waals surface area (Å²) < 4.78 is 17.0. The van der Waals surface area contributed by atoms with Crippen LogP contribution >= 0.6 is 0 Å². The zero-order chi connectivity index (χ0) is 23.6. The van der Waals surface area contributed by atoms with Crippen molar-refractivity contribution in [2.75, 3.05) is 78.8 Å². The monoisotopic (exact) mass is 463 g/mol. The fourth-order valence-electron chi connectivity index (χ4n) is 4.20. The molecule has 2 atom stereocenters. The third kappa shape index (κ3) is 8.96. The van der Waals surface area contributed by atoms with Gasteiger partial charge in [-0.1, -0.05) is 17.7 Å². The van der Waals surface area contributed by atoms with Crippen molar-refractivity contribution in [3.8, 4) is 0 Å². The molecule has 1 aromatic carbocycles. The number of morpholine rings is 2. The fraction of sp³-hybridized carbons (Fsp3) is 0.720. The zero-order valence-electron chi connectivity index (χ0n) is 20.4. The summed E-state index contributed by atoms with van der Waals surface area (Å²) in [6.07, 6.45) is -0.515. The van der Waals surface area contributed by atoms with Crippen LogP contribution in [0.3, 0.4) is 0 Å². The molecule has 0 bridgehead atoms. The van der Waals surface area contributed by atoms with Gasteiger partial charge in [0, 0.05) is 57.9 Å². The van der Waals surface area contributed by atoms with E-state index in [0.717, 1.165) is 45.0 Å². The van der Waals surface area contributed by atoms with Crippen molar-refractivity contribution in [3.05, 3.63) is 35.4 Å². The third-order valence-electron chi connectivity index (χ3n) is 6.11. The van der Waals surface area contributed by atoms with E-state index in [9.17, 15) is 9.90 Å². The van der Waals surface area contributed by atoms with Gasteiger partial charge in [0.1, 0.15) is 0 Å². The van der Waals surface area contributed by atoms with Crippen LogP contribution in [0.25, 0.3) is 0 Å². The van der Waals surface area contributed by atoms with E-state index in [0.29, 0.717) is 45.0 Å². The molecule has 1 aromatic rings. The van der Waals surface area contributed by atoms with Crippen molar-refractivity contribution >= 4 is 5.91 Å². The second-order valence-corrected chi connectivity index (χ2v) is 9.36. The molecule has 2 saturated heterocycles. The molecule has 2 aliphatic rings. The number of ether oxygens (including phenoxy) is 3. The van der Waals surface area contributed by atoms with Crippen molar-refractivity contribution in [3.63, 3.8) is 0 Å². The Labute approximate surface area is 198 Å².